The monoisotopic (exact) mass is 341 g/mol. The van der Waals surface area contributed by atoms with Crippen LogP contribution in [-0.2, 0) is 4.79 Å². The maximum absolute atomic E-state index is 13.2. The van der Waals surface area contributed by atoms with Gasteiger partial charge >= 0.3 is 0 Å². The molecule has 0 fully saturated rings. The van der Waals surface area contributed by atoms with Gasteiger partial charge in [-0.1, -0.05) is 36.4 Å². The van der Waals surface area contributed by atoms with Crippen LogP contribution < -0.4 is 10.1 Å². The number of ether oxygens (including phenoxy) is 1. The zero-order chi connectivity index (χ0) is 16.8. The molecule has 1 aromatic heterocycles. The van der Waals surface area contributed by atoms with Gasteiger partial charge in [0, 0.05) is 4.88 Å². The number of hydrogen-bond acceptors (Lipinski definition) is 3. The van der Waals surface area contributed by atoms with Gasteiger partial charge in [0.2, 0.25) is 0 Å². The number of carbonyl (C=O) groups is 1. The summed E-state index contributed by atoms with van der Waals surface area (Å²) in [5.41, 5.74) is 0.826. The summed E-state index contributed by atoms with van der Waals surface area (Å²) in [6, 6.07) is 18.8. The lowest BCUT2D eigenvalue weighted by atomic mass is 10.1. The molecule has 2 aromatic carbocycles. The first-order valence-electron chi connectivity index (χ1n) is 7.48. The summed E-state index contributed by atoms with van der Waals surface area (Å²) in [6.07, 6.45) is 0. The number of hydrogen-bond donors (Lipinski definition) is 1. The number of rotatable bonds is 6. The molecule has 0 bridgehead atoms. The third kappa shape index (κ3) is 4.20. The van der Waals surface area contributed by atoms with Crippen LogP contribution in [-0.4, -0.2) is 12.5 Å². The van der Waals surface area contributed by atoms with Crippen LogP contribution in [0.1, 0.15) is 16.5 Å². The zero-order valence-electron chi connectivity index (χ0n) is 12.8. The van der Waals surface area contributed by atoms with E-state index < -0.39 is 0 Å². The topological polar surface area (TPSA) is 38.3 Å². The highest BCUT2D eigenvalue weighted by Gasteiger charge is 2.18. The van der Waals surface area contributed by atoms with E-state index >= 15 is 0 Å². The molecular formula is C19H16FNO2S. The Labute approximate surface area is 143 Å². The van der Waals surface area contributed by atoms with Gasteiger partial charge in [0.1, 0.15) is 11.6 Å². The molecular weight excluding hydrogens is 325 g/mol. The molecule has 1 atom stereocenters. The summed E-state index contributed by atoms with van der Waals surface area (Å²) in [6.45, 7) is -0.0763. The van der Waals surface area contributed by atoms with E-state index in [9.17, 15) is 9.18 Å². The molecule has 1 amide bonds. The van der Waals surface area contributed by atoms with Crippen LogP contribution in [0.15, 0.2) is 72.1 Å². The molecule has 0 saturated heterocycles. The van der Waals surface area contributed by atoms with Gasteiger partial charge in [-0.2, -0.15) is 0 Å². The highest BCUT2D eigenvalue weighted by atomic mass is 32.1. The van der Waals surface area contributed by atoms with E-state index in [0.717, 1.165) is 10.4 Å². The largest absolute Gasteiger partial charge is 0.484 e. The molecule has 0 saturated carbocycles. The quantitative estimate of drug-likeness (QED) is 0.731. The van der Waals surface area contributed by atoms with Crippen LogP contribution in [0.3, 0.4) is 0 Å². The number of benzene rings is 2. The fourth-order valence-electron chi connectivity index (χ4n) is 2.30. The molecule has 1 N–H and O–H groups in total. The predicted octanol–water partition coefficient (Wildman–Crippen LogP) is 4.17. The first-order valence-corrected chi connectivity index (χ1v) is 8.36. The fraction of sp³-hybridized carbons (Fsp3) is 0.105. The van der Waals surface area contributed by atoms with Crippen molar-refractivity contribution in [1.29, 1.82) is 0 Å². The van der Waals surface area contributed by atoms with Gasteiger partial charge in [0.05, 0.1) is 6.04 Å². The van der Waals surface area contributed by atoms with Crippen molar-refractivity contribution in [2.75, 3.05) is 6.61 Å². The summed E-state index contributed by atoms with van der Waals surface area (Å²) in [4.78, 5) is 13.2. The van der Waals surface area contributed by atoms with E-state index in [0.29, 0.717) is 5.75 Å². The van der Waals surface area contributed by atoms with Crippen LogP contribution in [0.2, 0.25) is 0 Å². The molecule has 0 radical (unpaired) electrons. The van der Waals surface area contributed by atoms with Crippen LogP contribution in [0, 0.1) is 5.82 Å². The lowest BCUT2D eigenvalue weighted by molar-refractivity contribution is -0.123. The van der Waals surface area contributed by atoms with Crippen molar-refractivity contribution in [2.45, 2.75) is 6.04 Å². The first-order chi connectivity index (χ1) is 11.7. The summed E-state index contributed by atoms with van der Waals surface area (Å²) >= 11 is 1.54. The standard InChI is InChI=1S/C19H16FNO2S/c20-15-10-8-14(9-11-15)19(17-7-4-12-24-17)21-18(22)13-23-16-5-2-1-3-6-16/h1-12,19H,13H2,(H,21,22)/t19-/m1/s1. The number of para-hydroxylation sites is 1. The van der Waals surface area contributed by atoms with Gasteiger partial charge in [-0.15, -0.1) is 11.3 Å². The average Bonchev–Trinajstić information content (AvgIpc) is 3.14. The van der Waals surface area contributed by atoms with Crippen molar-refractivity contribution in [1.82, 2.24) is 5.32 Å². The Morgan fingerprint density at radius 2 is 1.79 bits per heavy atom. The van der Waals surface area contributed by atoms with Gasteiger partial charge in [-0.3, -0.25) is 4.79 Å². The molecule has 3 aromatic rings. The Balaban J connectivity index is 1.70. The Morgan fingerprint density at radius 1 is 1.04 bits per heavy atom. The molecule has 3 rings (SSSR count). The molecule has 0 aliphatic rings. The van der Waals surface area contributed by atoms with Gasteiger partial charge in [0.25, 0.3) is 5.91 Å². The predicted molar refractivity (Wildman–Crippen MR) is 92.6 cm³/mol. The molecule has 24 heavy (non-hydrogen) atoms. The van der Waals surface area contributed by atoms with Crippen molar-refractivity contribution in [2.24, 2.45) is 0 Å². The highest BCUT2D eigenvalue weighted by molar-refractivity contribution is 7.10. The average molecular weight is 341 g/mol. The molecule has 0 aliphatic heterocycles. The van der Waals surface area contributed by atoms with Crippen LogP contribution in [0.25, 0.3) is 0 Å². The van der Waals surface area contributed by atoms with Crippen LogP contribution in [0.5, 0.6) is 5.75 Å². The number of carbonyl (C=O) groups excluding carboxylic acids is 1. The minimum absolute atomic E-state index is 0.0763. The molecule has 0 unspecified atom stereocenters. The second kappa shape index (κ2) is 7.75. The Hall–Kier alpha value is -2.66. The van der Waals surface area contributed by atoms with E-state index in [2.05, 4.69) is 5.32 Å². The smallest absolute Gasteiger partial charge is 0.258 e. The Bertz CT molecular complexity index is 773. The summed E-state index contributed by atoms with van der Waals surface area (Å²) in [5, 5.41) is 4.89. The molecule has 0 spiro atoms. The molecule has 5 heteroatoms. The van der Waals surface area contributed by atoms with E-state index in [1.165, 1.54) is 23.5 Å². The molecule has 0 aliphatic carbocycles. The zero-order valence-corrected chi connectivity index (χ0v) is 13.6. The van der Waals surface area contributed by atoms with Gasteiger partial charge in [-0.05, 0) is 41.3 Å². The highest BCUT2D eigenvalue weighted by Crippen LogP contribution is 2.26. The number of halogens is 1. The van der Waals surface area contributed by atoms with Gasteiger partial charge in [-0.25, -0.2) is 4.39 Å². The number of thiophene rings is 1. The molecule has 3 nitrogen and oxygen atoms in total. The lowest BCUT2D eigenvalue weighted by Crippen LogP contribution is -2.32. The second-order valence-electron chi connectivity index (χ2n) is 5.17. The Kier molecular flexibility index (Phi) is 5.23. The van der Waals surface area contributed by atoms with Crippen LogP contribution in [0.4, 0.5) is 4.39 Å². The van der Waals surface area contributed by atoms with Crippen molar-refractivity contribution in [3.8, 4) is 5.75 Å². The second-order valence-corrected chi connectivity index (χ2v) is 6.15. The fourth-order valence-corrected chi connectivity index (χ4v) is 3.10. The number of nitrogens with one attached hydrogen (secondary N) is 1. The first kappa shape index (κ1) is 16.2. The van der Waals surface area contributed by atoms with Crippen LogP contribution >= 0.6 is 11.3 Å². The van der Waals surface area contributed by atoms with Gasteiger partial charge < -0.3 is 10.1 Å². The maximum atomic E-state index is 13.2. The van der Waals surface area contributed by atoms with Gasteiger partial charge in [0.15, 0.2) is 6.61 Å². The van der Waals surface area contributed by atoms with Crippen molar-refractivity contribution >= 4 is 17.2 Å². The molecule has 1 heterocycles. The SMILES string of the molecule is O=C(COc1ccccc1)N[C@H](c1ccc(F)cc1)c1cccs1. The summed E-state index contributed by atoms with van der Waals surface area (Å²) < 4.78 is 18.6. The normalized spacial score (nSPS) is 11.7. The van der Waals surface area contributed by atoms with E-state index in [1.54, 1.807) is 24.3 Å². The maximum Gasteiger partial charge on any atom is 0.258 e. The minimum Gasteiger partial charge on any atom is -0.484 e. The summed E-state index contributed by atoms with van der Waals surface area (Å²) in [5.74, 6) is 0.103. The van der Waals surface area contributed by atoms with Crippen molar-refractivity contribution in [3.05, 3.63) is 88.4 Å². The third-order valence-corrected chi connectivity index (χ3v) is 4.39. The molecule has 122 valence electrons. The van der Waals surface area contributed by atoms with Crippen molar-refractivity contribution in [3.63, 3.8) is 0 Å². The van der Waals surface area contributed by atoms with E-state index in [-0.39, 0.29) is 24.4 Å². The van der Waals surface area contributed by atoms with E-state index in [4.69, 9.17) is 4.74 Å². The summed E-state index contributed by atoms with van der Waals surface area (Å²) in [7, 11) is 0. The Morgan fingerprint density at radius 3 is 2.46 bits per heavy atom. The number of amides is 1. The third-order valence-electron chi connectivity index (χ3n) is 3.45. The lowest BCUT2D eigenvalue weighted by Gasteiger charge is -2.18. The minimum atomic E-state index is -0.322. The van der Waals surface area contributed by atoms with E-state index in [1.807, 2.05) is 35.7 Å². The van der Waals surface area contributed by atoms with Crippen molar-refractivity contribution < 1.29 is 13.9 Å².